The van der Waals surface area contributed by atoms with Crippen molar-refractivity contribution in [1.82, 2.24) is 0 Å². The average molecular weight is 151 g/mol. The number of hydrogen-bond acceptors (Lipinski definition) is 3. The van der Waals surface area contributed by atoms with Crippen molar-refractivity contribution in [2.75, 3.05) is 0 Å². The second kappa shape index (κ2) is 3.25. The van der Waals surface area contributed by atoms with Crippen LogP contribution in [0, 0.1) is 0 Å². The number of nitrogens with two attached hydrogens (primary N) is 1. The Hall–Kier alpha value is 0.170. The second-order valence-electron chi connectivity index (χ2n) is 1.59. The molecule has 4 heteroatoms. The maximum Gasteiger partial charge on any atom is 0.231 e. The Balaban J connectivity index is 3.64. The van der Waals surface area contributed by atoms with Crippen molar-refractivity contribution < 1.29 is 4.79 Å². The van der Waals surface area contributed by atoms with Crippen molar-refractivity contribution in [3.8, 4) is 0 Å². The molecule has 0 rings (SSSR count). The molecule has 0 aromatic rings. The quantitative estimate of drug-likeness (QED) is 0.481. The van der Waals surface area contributed by atoms with Crippen molar-refractivity contribution in [2.24, 2.45) is 5.73 Å². The van der Waals surface area contributed by atoms with Gasteiger partial charge in [-0.25, -0.2) is 0 Å². The standard InChI is InChI=1S/C4H9NOS2/c1-2(7)3(8)4(5)6/h2-3,7-8H,1H3,(H2,5,6). The predicted octanol–water partition coefficient (Wildman–Crippen LogP) is 0.0884. The molecule has 2 unspecified atom stereocenters. The summed E-state index contributed by atoms with van der Waals surface area (Å²) in [6.45, 7) is 1.77. The van der Waals surface area contributed by atoms with E-state index in [4.69, 9.17) is 5.73 Å². The van der Waals surface area contributed by atoms with E-state index in [1.165, 1.54) is 0 Å². The molecule has 0 spiro atoms. The molecule has 0 radical (unpaired) electrons. The molecule has 0 aliphatic carbocycles. The number of carbonyl (C=O) groups is 1. The van der Waals surface area contributed by atoms with Gasteiger partial charge in [-0.2, -0.15) is 25.3 Å². The zero-order valence-corrected chi connectivity index (χ0v) is 6.32. The Morgan fingerprint density at radius 2 is 2.00 bits per heavy atom. The Morgan fingerprint density at radius 1 is 1.62 bits per heavy atom. The number of amides is 1. The Labute approximate surface area is 59.6 Å². The first kappa shape index (κ1) is 8.17. The monoisotopic (exact) mass is 151 g/mol. The van der Waals surface area contributed by atoms with Crippen molar-refractivity contribution >= 4 is 31.2 Å². The third-order valence-corrected chi connectivity index (χ3v) is 1.98. The van der Waals surface area contributed by atoms with Crippen LogP contribution in [0.15, 0.2) is 0 Å². The third-order valence-electron chi connectivity index (χ3n) is 0.748. The van der Waals surface area contributed by atoms with Crippen LogP contribution in [0.4, 0.5) is 0 Å². The first-order chi connectivity index (χ1) is 3.55. The van der Waals surface area contributed by atoms with Gasteiger partial charge in [-0.15, -0.1) is 0 Å². The number of hydrogen-bond donors (Lipinski definition) is 3. The summed E-state index contributed by atoms with van der Waals surface area (Å²) in [5.41, 5.74) is 4.87. The highest BCUT2D eigenvalue weighted by atomic mass is 32.1. The van der Waals surface area contributed by atoms with Gasteiger partial charge in [0.2, 0.25) is 5.91 Å². The highest BCUT2D eigenvalue weighted by Gasteiger charge is 2.13. The zero-order chi connectivity index (χ0) is 6.73. The summed E-state index contributed by atoms with van der Waals surface area (Å²) in [4.78, 5) is 10.2. The lowest BCUT2D eigenvalue weighted by Gasteiger charge is -2.07. The van der Waals surface area contributed by atoms with Gasteiger partial charge in [-0.1, -0.05) is 6.92 Å². The smallest absolute Gasteiger partial charge is 0.231 e. The number of primary amides is 1. The van der Waals surface area contributed by atoms with Gasteiger partial charge in [0.1, 0.15) is 0 Å². The molecule has 2 nitrogen and oxygen atoms in total. The highest BCUT2D eigenvalue weighted by Crippen LogP contribution is 2.05. The molecule has 0 aliphatic rings. The van der Waals surface area contributed by atoms with Crippen LogP contribution in [0.3, 0.4) is 0 Å². The zero-order valence-electron chi connectivity index (χ0n) is 4.53. The largest absolute Gasteiger partial charge is 0.369 e. The molecule has 2 atom stereocenters. The van der Waals surface area contributed by atoms with Crippen LogP contribution < -0.4 is 5.73 Å². The average Bonchev–Trinajstić information content (AvgIpc) is 1.64. The summed E-state index contributed by atoms with van der Waals surface area (Å²) in [7, 11) is 0. The van der Waals surface area contributed by atoms with Crippen molar-refractivity contribution in [3.05, 3.63) is 0 Å². The molecule has 2 N–H and O–H groups in total. The lowest BCUT2D eigenvalue weighted by atomic mass is 10.3. The lowest BCUT2D eigenvalue weighted by molar-refractivity contribution is -0.117. The highest BCUT2D eigenvalue weighted by molar-refractivity contribution is 7.85. The van der Waals surface area contributed by atoms with Crippen LogP contribution in [0.2, 0.25) is 0 Å². The Morgan fingerprint density at radius 3 is 2.00 bits per heavy atom. The fourth-order valence-corrected chi connectivity index (χ4v) is 0.385. The minimum absolute atomic E-state index is 0.0733. The third kappa shape index (κ3) is 2.47. The van der Waals surface area contributed by atoms with Crippen LogP contribution in [0.5, 0.6) is 0 Å². The molecule has 0 saturated carbocycles. The summed E-state index contributed by atoms with van der Waals surface area (Å²) in [6.07, 6.45) is 0. The molecule has 1 amide bonds. The molecule has 0 aliphatic heterocycles. The van der Waals surface area contributed by atoms with Gasteiger partial charge in [0.25, 0.3) is 0 Å². The van der Waals surface area contributed by atoms with Crippen LogP contribution in [-0.2, 0) is 4.79 Å². The van der Waals surface area contributed by atoms with Gasteiger partial charge in [0, 0.05) is 5.25 Å². The minimum Gasteiger partial charge on any atom is -0.369 e. The summed E-state index contributed by atoms with van der Waals surface area (Å²) in [6, 6.07) is 0. The topological polar surface area (TPSA) is 43.1 Å². The molecule has 0 saturated heterocycles. The van der Waals surface area contributed by atoms with Gasteiger partial charge in [0.05, 0.1) is 5.25 Å². The first-order valence-electron chi connectivity index (χ1n) is 2.21. The normalized spacial score (nSPS) is 17.4. The van der Waals surface area contributed by atoms with Crippen molar-refractivity contribution in [2.45, 2.75) is 17.4 Å². The van der Waals surface area contributed by atoms with E-state index in [1.807, 2.05) is 0 Å². The van der Waals surface area contributed by atoms with Crippen LogP contribution in [0.25, 0.3) is 0 Å². The van der Waals surface area contributed by atoms with Crippen molar-refractivity contribution in [1.29, 1.82) is 0 Å². The van der Waals surface area contributed by atoms with E-state index in [1.54, 1.807) is 6.92 Å². The molecule has 0 heterocycles. The van der Waals surface area contributed by atoms with Gasteiger partial charge in [-0.3, -0.25) is 4.79 Å². The van der Waals surface area contributed by atoms with E-state index in [-0.39, 0.29) is 5.25 Å². The van der Waals surface area contributed by atoms with Gasteiger partial charge in [0.15, 0.2) is 0 Å². The second-order valence-corrected chi connectivity index (χ2v) is 2.96. The summed E-state index contributed by atoms with van der Waals surface area (Å²) in [5.74, 6) is -0.421. The molecular weight excluding hydrogens is 142 g/mol. The van der Waals surface area contributed by atoms with E-state index in [0.717, 1.165) is 0 Å². The Bertz CT molecular complexity index is 94.0. The van der Waals surface area contributed by atoms with Crippen molar-refractivity contribution in [3.63, 3.8) is 0 Å². The molecule has 0 fully saturated rings. The fourth-order valence-electron chi connectivity index (χ4n) is 0.238. The van der Waals surface area contributed by atoms with Gasteiger partial charge >= 0.3 is 0 Å². The van der Waals surface area contributed by atoms with E-state index in [9.17, 15) is 4.79 Å². The molecule has 0 bridgehead atoms. The summed E-state index contributed by atoms with van der Waals surface area (Å²) in [5, 5.41) is -0.505. The SMILES string of the molecule is CC(S)C(S)C(N)=O. The van der Waals surface area contributed by atoms with E-state index in [2.05, 4.69) is 25.3 Å². The summed E-state index contributed by atoms with van der Waals surface area (Å²) >= 11 is 7.82. The van der Waals surface area contributed by atoms with E-state index < -0.39 is 11.2 Å². The first-order valence-corrected chi connectivity index (χ1v) is 3.24. The maximum absolute atomic E-state index is 10.2. The lowest BCUT2D eigenvalue weighted by Crippen LogP contribution is -2.29. The number of rotatable bonds is 2. The van der Waals surface area contributed by atoms with E-state index in [0.29, 0.717) is 0 Å². The minimum atomic E-state index is -0.432. The molecule has 0 aromatic carbocycles. The number of carbonyl (C=O) groups excluding carboxylic acids is 1. The van der Waals surface area contributed by atoms with Gasteiger partial charge in [-0.05, 0) is 0 Å². The predicted molar refractivity (Wildman–Crippen MR) is 40.4 cm³/mol. The molecular formula is C4H9NOS2. The summed E-state index contributed by atoms with van der Waals surface area (Å²) < 4.78 is 0. The molecule has 8 heavy (non-hydrogen) atoms. The Kier molecular flexibility index (Phi) is 3.31. The van der Waals surface area contributed by atoms with E-state index >= 15 is 0 Å². The molecule has 0 aromatic heterocycles. The van der Waals surface area contributed by atoms with Crippen LogP contribution >= 0.6 is 25.3 Å². The molecule has 48 valence electrons. The maximum atomic E-state index is 10.2. The van der Waals surface area contributed by atoms with Crippen LogP contribution in [0.1, 0.15) is 6.92 Å². The fraction of sp³-hybridized carbons (Fsp3) is 0.750. The van der Waals surface area contributed by atoms with Crippen LogP contribution in [-0.4, -0.2) is 16.4 Å². The number of thiol groups is 2. The van der Waals surface area contributed by atoms with Gasteiger partial charge < -0.3 is 5.73 Å².